The molecule has 1 rings (SSSR count). The fourth-order valence-electron chi connectivity index (χ4n) is 1.42. The summed E-state index contributed by atoms with van der Waals surface area (Å²) in [6, 6.07) is 0. The number of rotatable bonds is 5. The van der Waals surface area contributed by atoms with Crippen molar-refractivity contribution in [3.63, 3.8) is 0 Å². The molecule has 1 N–H and O–H groups in total. The van der Waals surface area contributed by atoms with E-state index in [4.69, 9.17) is 4.74 Å². The van der Waals surface area contributed by atoms with Gasteiger partial charge in [-0.3, -0.25) is 9.78 Å². The maximum atomic E-state index is 12.5. The molecule has 0 saturated heterocycles. The van der Waals surface area contributed by atoms with Crippen molar-refractivity contribution in [2.24, 2.45) is 0 Å². The van der Waals surface area contributed by atoms with Crippen LogP contribution in [0.3, 0.4) is 0 Å². The quantitative estimate of drug-likeness (QED) is 0.668. The van der Waals surface area contributed by atoms with E-state index < -0.39 is 23.8 Å². The van der Waals surface area contributed by atoms with Gasteiger partial charge in [0.2, 0.25) is 0 Å². The topological polar surface area (TPSA) is 59.4 Å². The molecule has 4 nitrogen and oxygen atoms in total. The molecule has 0 radical (unpaired) electrons. The highest BCUT2D eigenvalue weighted by atomic mass is 79.9. The normalized spacial score (nSPS) is 10.7. The number of nitrogens with zero attached hydrogens (tertiary/aromatic N) is 1. The smallest absolute Gasteiger partial charge is 0.310 e. The van der Waals surface area contributed by atoms with Gasteiger partial charge in [0.25, 0.3) is 6.43 Å². The summed E-state index contributed by atoms with van der Waals surface area (Å²) < 4.78 is 29.8. The Morgan fingerprint density at radius 1 is 1.61 bits per heavy atom. The van der Waals surface area contributed by atoms with Gasteiger partial charge in [0, 0.05) is 17.1 Å². The Morgan fingerprint density at radius 3 is 2.78 bits per heavy atom. The number of ether oxygens (including phenoxy) is 1. The highest BCUT2D eigenvalue weighted by Gasteiger charge is 2.21. The summed E-state index contributed by atoms with van der Waals surface area (Å²) in [5, 5.41) is 9.81. The van der Waals surface area contributed by atoms with E-state index in [2.05, 4.69) is 20.9 Å². The Balaban J connectivity index is 3.07. The second kappa shape index (κ2) is 6.63. The molecule has 0 spiro atoms. The molecule has 0 aromatic carbocycles. The lowest BCUT2D eigenvalue weighted by atomic mass is 10.1. The number of carbonyl (C=O) groups excluding carboxylic acids is 1. The number of alkyl halides is 3. The van der Waals surface area contributed by atoms with Crippen LogP contribution in [0.1, 0.15) is 30.2 Å². The van der Waals surface area contributed by atoms with Crippen LogP contribution in [0.15, 0.2) is 6.20 Å². The zero-order valence-corrected chi connectivity index (χ0v) is 11.2. The summed E-state index contributed by atoms with van der Waals surface area (Å²) in [5.74, 6) is -1.07. The first kappa shape index (κ1) is 14.8. The average molecular weight is 324 g/mol. The molecule has 0 bridgehead atoms. The molecule has 0 fully saturated rings. The summed E-state index contributed by atoms with van der Waals surface area (Å²) in [4.78, 5) is 14.8. The second-order valence-corrected chi connectivity index (χ2v) is 3.97. The van der Waals surface area contributed by atoms with Crippen LogP contribution in [0, 0.1) is 0 Å². The molecular weight excluding hydrogens is 312 g/mol. The summed E-state index contributed by atoms with van der Waals surface area (Å²) in [6.45, 7) is 1.90. The van der Waals surface area contributed by atoms with Gasteiger partial charge in [-0.2, -0.15) is 0 Å². The van der Waals surface area contributed by atoms with Gasteiger partial charge in [-0.1, -0.05) is 15.9 Å². The lowest BCUT2D eigenvalue weighted by Crippen LogP contribution is -2.10. The molecule has 7 heteroatoms. The molecule has 0 saturated carbocycles. The minimum Gasteiger partial charge on any atom is -0.505 e. The number of aromatic nitrogens is 1. The summed E-state index contributed by atoms with van der Waals surface area (Å²) in [7, 11) is 0. The van der Waals surface area contributed by atoms with Crippen molar-refractivity contribution in [1.82, 2.24) is 4.98 Å². The lowest BCUT2D eigenvalue weighted by Gasteiger charge is -2.11. The molecule has 1 aromatic heterocycles. The second-order valence-electron chi connectivity index (χ2n) is 3.41. The predicted octanol–water partition coefficient (Wildman–Crippen LogP) is 2.73. The number of hydrogen-bond donors (Lipinski definition) is 1. The van der Waals surface area contributed by atoms with Crippen molar-refractivity contribution >= 4 is 21.9 Å². The van der Waals surface area contributed by atoms with Crippen molar-refractivity contribution in [3.05, 3.63) is 23.0 Å². The third-order valence-corrected chi connectivity index (χ3v) is 2.82. The third kappa shape index (κ3) is 3.38. The van der Waals surface area contributed by atoms with Gasteiger partial charge in [-0.15, -0.1) is 0 Å². The van der Waals surface area contributed by atoms with Crippen LogP contribution in [-0.2, 0) is 21.3 Å². The van der Waals surface area contributed by atoms with Gasteiger partial charge in [-0.25, -0.2) is 8.78 Å². The SMILES string of the molecule is CCOC(=O)Cc1cnc(C(F)F)c(O)c1CBr. The molecule has 0 aliphatic heterocycles. The monoisotopic (exact) mass is 323 g/mol. The number of carbonyl (C=O) groups is 1. The Bertz CT molecular complexity index is 441. The zero-order valence-electron chi connectivity index (χ0n) is 9.62. The number of halogens is 3. The largest absolute Gasteiger partial charge is 0.505 e. The first-order valence-electron chi connectivity index (χ1n) is 5.20. The van der Waals surface area contributed by atoms with E-state index in [1.54, 1.807) is 6.92 Å². The highest BCUT2D eigenvalue weighted by molar-refractivity contribution is 9.08. The molecule has 1 heterocycles. The molecule has 100 valence electrons. The molecule has 0 atom stereocenters. The van der Waals surface area contributed by atoms with Gasteiger partial charge in [0.1, 0.15) is 11.4 Å². The van der Waals surface area contributed by atoms with Gasteiger partial charge < -0.3 is 9.84 Å². The maximum Gasteiger partial charge on any atom is 0.310 e. The number of hydrogen-bond acceptors (Lipinski definition) is 4. The highest BCUT2D eigenvalue weighted by Crippen LogP contribution is 2.32. The fraction of sp³-hybridized carbons (Fsp3) is 0.455. The zero-order chi connectivity index (χ0) is 13.7. The van der Waals surface area contributed by atoms with Crippen molar-refractivity contribution < 1.29 is 23.4 Å². The standard InChI is InChI=1S/C11H12BrF2NO3/c1-2-18-8(16)3-6-5-15-9(11(13)14)10(17)7(6)4-12/h5,11,17H,2-4H2,1H3. The lowest BCUT2D eigenvalue weighted by molar-refractivity contribution is -0.142. The Labute approximate surface area is 111 Å². The van der Waals surface area contributed by atoms with E-state index in [0.717, 1.165) is 6.20 Å². The first-order chi connectivity index (χ1) is 8.51. The van der Waals surface area contributed by atoms with E-state index in [9.17, 15) is 18.7 Å². The average Bonchev–Trinajstić information content (AvgIpc) is 2.29. The van der Waals surface area contributed by atoms with Crippen LogP contribution in [0.4, 0.5) is 8.78 Å². The predicted molar refractivity (Wildman–Crippen MR) is 63.8 cm³/mol. The molecule has 0 aliphatic carbocycles. The summed E-state index contributed by atoms with van der Waals surface area (Å²) in [6.07, 6.45) is -1.81. The molecular formula is C11H12BrF2NO3. The van der Waals surface area contributed by atoms with Crippen LogP contribution < -0.4 is 0 Å². The van der Waals surface area contributed by atoms with Crippen molar-refractivity contribution in [1.29, 1.82) is 0 Å². The number of esters is 1. The van der Waals surface area contributed by atoms with Crippen LogP contribution in [-0.4, -0.2) is 22.7 Å². The van der Waals surface area contributed by atoms with Crippen LogP contribution in [0.25, 0.3) is 0 Å². The van der Waals surface area contributed by atoms with Gasteiger partial charge in [0.05, 0.1) is 13.0 Å². The molecule has 0 unspecified atom stereocenters. The van der Waals surface area contributed by atoms with Crippen molar-refractivity contribution in [3.8, 4) is 5.75 Å². The van der Waals surface area contributed by atoms with Gasteiger partial charge >= 0.3 is 5.97 Å². The summed E-state index contributed by atoms with van der Waals surface area (Å²) >= 11 is 3.09. The van der Waals surface area contributed by atoms with E-state index >= 15 is 0 Å². The van der Waals surface area contributed by atoms with Crippen LogP contribution >= 0.6 is 15.9 Å². The molecule has 1 aromatic rings. The Morgan fingerprint density at radius 2 is 2.28 bits per heavy atom. The molecule has 0 amide bonds. The van der Waals surface area contributed by atoms with E-state index in [-0.39, 0.29) is 23.9 Å². The minimum atomic E-state index is -2.86. The number of pyridine rings is 1. The van der Waals surface area contributed by atoms with Crippen molar-refractivity contribution in [2.75, 3.05) is 6.61 Å². The molecule has 0 aliphatic rings. The van der Waals surface area contributed by atoms with E-state index in [1.807, 2.05) is 0 Å². The minimum absolute atomic E-state index is 0.112. The van der Waals surface area contributed by atoms with Crippen LogP contribution in [0.5, 0.6) is 5.75 Å². The van der Waals surface area contributed by atoms with Crippen molar-refractivity contribution in [2.45, 2.75) is 25.1 Å². The van der Waals surface area contributed by atoms with E-state index in [1.165, 1.54) is 0 Å². The molecule has 18 heavy (non-hydrogen) atoms. The number of aromatic hydroxyl groups is 1. The Hall–Kier alpha value is -1.24. The van der Waals surface area contributed by atoms with E-state index in [0.29, 0.717) is 5.56 Å². The van der Waals surface area contributed by atoms with Gasteiger partial charge in [-0.05, 0) is 12.5 Å². The summed E-state index contributed by atoms with van der Waals surface area (Å²) in [5.41, 5.74) is -0.0855. The Kier molecular flexibility index (Phi) is 5.46. The maximum absolute atomic E-state index is 12.5. The van der Waals surface area contributed by atoms with Gasteiger partial charge in [0.15, 0.2) is 0 Å². The van der Waals surface area contributed by atoms with Crippen LogP contribution in [0.2, 0.25) is 0 Å². The fourth-order valence-corrected chi connectivity index (χ4v) is 2.05. The third-order valence-electron chi connectivity index (χ3n) is 2.26. The first-order valence-corrected chi connectivity index (χ1v) is 6.32.